The van der Waals surface area contributed by atoms with Crippen molar-refractivity contribution < 1.29 is 9.21 Å². The van der Waals surface area contributed by atoms with Crippen molar-refractivity contribution in [3.05, 3.63) is 71.7 Å². The molecule has 4 heteroatoms. The van der Waals surface area contributed by atoms with Gasteiger partial charge in [-0.3, -0.25) is 4.79 Å². The van der Waals surface area contributed by atoms with E-state index in [9.17, 15) is 4.79 Å². The monoisotopic (exact) mass is 346 g/mol. The lowest BCUT2D eigenvalue weighted by Crippen LogP contribution is -2.35. The number of hydrogen-bond donors (Lipinski definition) is 0. The first-order chi connectivity index (χ1) is 12.7. The van der Waals surface area contributed by atoms with Crippen LogP contribution in [0, 0.1) is 6.92 Å². The highest BCUT2D eigenvalue weighted by Gasteiger charge is 2.22. The molecule has 0 radical (unpaired) electrons. The lowest BCUT2D eigenvalue weighted by atomic mass is 10.0. The average Bonchev–Trinajstić information content (AvgIpc) is 3.15. The van der Waals surface area contributed by atoms with Crippen molar-refractivity contribution in [3.63, 3.8) is 0 Å². The number of aromatic nitrogens is 1. The minimum absolute atomic E-state index is 0.132. The average molecular weight is 346 g/mol. The Labute approximate surface area is 153 Å². The second-order valence-corrected chi connectivity index (χ2v) is 6.76. The lowest BCUT2D eigenvalue weighted by Gasteiger charge is -2.29. The molecule has 2 heterocycles. The fraction of sp³-hybridized carbons (Fsp3) is 0.273. The number of oxazole rings is 1. The Kier molecular flexibility index (Phi) is 4.57. The fourth-order valence-electron chi connectivity index (χ4n) is 3.42. The zero-order chi connectivity index (χ0) is 17.9. The molecule has 0 N–H and O–H groups in total. The molecule has 26 heavy (non-hydrogen) atoms. The first kappa shape index (κ1) is 16.6. The molecule has 0 aliphatic carbocycles. The van der Waals surface area contributed by atoms with Crippen molar-refractivity contribution in [2.45, 2.75) is 32.6 Å². The van der Waals surface area contributed by atoms with Gasteiger partial charge >= 0.3 is 0 Å². The first-order valence-electron chi connectivity index (χ1n) is 9.11. The van der Waals surface area contributed by atoms with Crippen LogP contribution in [-0.2, 0) is 17.6 Å². The Balaban J connectivity index is 1.42. The van der Waals surface area contributed by atoms with E-state index in [-0.39, 0.29) is 5.91 Å². The Morgan fingerprint density at radius 1 is 1.15 bits per heavy atom. The number of hydrogen-bond acceptors (Lipinski definition) is 3. The highest BCUT2D eigenvalue weighted by atomic mass is 16.4. The van der Waals surface area contributed by atoms with Crippen LogP contribution in [0.4, 0.5) is 5.69 Å². The molecule has 0 saturated heterocycles. The number of amides is 1. The summed E-state index contributed by atoms with van der Waals surface area (Å²) in [6.45, 7) is 2.84. The van der Waals surface area contributed by atoms with Crippen LogP contribution < -0.4 is 4.90 Å². The van der Waals surface area contributed by atoms with Crippen molar-refractivity contribution in [3.8, 4) is 11.3 Å². The molecule has 1 amide bonds. The number of carbonyl (C=O) groups is 1. The fourth-order valence-corrected chi connectivity index (χ4v) is 3.42. The standard InChI is InChI=1S/C22H22N2O2/c1-16-8-10-18(11-9-16)20-15-23-21(26-20)12-13-22(25)24-14-4-6-17-5-2-3-7-19(17)24/h2-3,5,7-11,15H,4,6,12-14H2,1H3. The molecular formula is C22H22N2O2. The summed E-state index contributed by atoms with van der Waals surface area (Å²) in [6.07, 6.45) is 4.71. The molecular weight excluding hydrogens is 324 g/mol. The van der Waals surface area contributed by atoms with Crippen LogP contribution in [0.1, 0.15) is 29.9 Å². The van der Waals surface area contributed by atoms with Crippen LogP contribution in [0.25, 0.3) is 11.3 Å². The van der Waals surface area contributed by atoms with E-state index in [2.05, 4.69) is 30.1 Å². The molecule has 0 fully saturated rings. The van der Waals surface area contributed by atoms with Gasteiger partial charge in [0.25, 0.3) is 0 Å². The van der Waals surface area contributed by atoms with Gasteiger partial charge in [0.2, 0.25) is 5.91 Å². The van der Waals surface area contributed by atoms with Crippen molar-refractivity contribution in [1.29, 1.82) is 0 Å². The minimum Gasteiger partial charge on any atom is -0.441 e. The smallest absolute Gasteiger partial charge is 0.227 e. The van der Waals surface area contributed by atoms with Gasteiger partial charge in [-0.05, 0) is 31.4 Å². The zero-order valence-electron chi connectivity index (χ0n) is 14.9. The number of anilines is 1. The SMILES string of the molecule is Cc1ccc(-c2cnc(CCC(=O)N3CCCc4ccccc43)o2)cc1. The third-order valence-corrected chi connectivity index (χ3v) is 4.85. The molecule has 0 atom stereocenters. The summed E-state index contributed by atoms with van der Waals surface area (Å²) >= 11 is 0. The lowest BCUT2D eigenvalue weighted by molar-refractivity contribution is -0.118. The Hall–Kier alpha value is -2.88. The minimum atomic E-state index is 0.132. The van der Waals surface area contributed by atoms with Crippen LogP contribution in [0.15, 0.2) is 59.1 Å². The molecule has 2 aromatic carbocycles. The Morgan fingerprint density at radius 3 is 2.81 bits per heavy atom. The van der Waals surface area contributed by atoms with Gasteiger partial charge in [0.15, 0.2) is 11.7 Å². The largest absolute Gasteiger partial charge is 0.441 e. The molecule has 132 valence electrons. The van der Waals surface area contributed by atoms with Crippen LogP contribution in [0.2, 0.25) is 0 Å². The third kappa shape index (κ3) is 3.40. The van der Waals surface area contributed by atoms with Gasteiger partial charge in [-0.1, -0.05) is 48.0 Å². The molecule has 1 aliphatic rings. The van der Waals surface area contributed by atoms with Crippen molar-refractivity contribution in [1.82, 2.24) is 4.98 Å². The number of fused-ring (bicyclic) bond motifs is 1. The number of rotatable bonds is 4. The van der Waals surface area contributed by atoms with Crippen molar-refractivity contribution >= 4 is 11.6 Å². The molecule has 0 saturated carbocycles. The molecule has 4 rings (SSSR count). The van der Waals surface area contributed by atoms with Gasteiger partial charge in [-0.2, -0.15) is 0 Å². The maximum atomic E-state index is 12.7. The predicted molar refractivity (Wildman–Crippen MR) is 102 cm³/mol. The molecule has 4 nitrogen and oxygen atoms in total. The van der Waals surface area contributed by atoms with E-state index in [0.717, 1.165) is 36.4 Å². The summed E-state index contributed by atoms with van der Waals surface area (Å²) in [7, 11) is 0. The van der Waals surface area contributed by atoms with Crippen LogP contribution in [0.3, 0.4) is 0 Å². The molecule has 0 bridgehead atoms. The van der Waals surface area contributed by atoms with E-state index in [1.807, 2.05) is 35.2 Å². The normalized spacial score (nSPS) is 13.5. The Morgan fingerprint density at radius 2 is 1.96 bits per heavy atom. The van der Waals surface area contributed by atoms with E-state index in [1.54, 1.807) is 6.20 Å². The number of benzene rings is 2. The van der Waals surface area contributed by atoms with Crippen molar-refractivity contribution in [2.75, 3.05) is 11.4 Å². The van der Waals surface area contributed by atoms with Crippen LogP contribution in [-0.4, -0.2) is 17.4 Å². The van der Waals surface area contributed by atoms with Gasteiger partial charge in [-0.25, -0.2) is 4.98 Å². The highest BCUT2D eigenvalue weighted by molar-refractivity contribution is 5.94. The highest BCUT2D eigenvalue weighted by Crippen LogP contribution is 2.27. The van der Waals surface area contributed by atoms with Gasteiger partial charge in [0.1, 0.15) is 0 Å². The molecule has 0 spiro atoms. The zero-order valence-corrected chi connectivity index (χ0v) is 14.9. The Bertz CT molecular complexity index is 912. The van der Waals surface area contributed by atoms with Crippen molar-refractivity contribution in [2.24, 2.45) is 0 Å². The van der Waals surface area contributed by atoms with E-state index >= 15 is 0 Å². The van der Waals surface area contributed by atoms with E-state index in [1.165, 1.54) is 11.1 Å². The number of para-hydroxylation sites is 1. The quantitative estimate of drug-likeness (QED) is 0.695. The molecule has 1 aliphatic heterocycles. The molecule has 0 unspecified atom stereocenters. The van der Waals surface area contributed by atoms with E-state index < -0.39 is 0 Å². The third-order valence-electron chi connectivity index (χ3n) is 4.85. The summed E-state index contributed by atoms with van der Waals surface area (Å²) in [5, 5.41) is 0. The van der Waals surface area contributed by atoms with Crippen LogP contribution >= 0.6 is 0 Å². The van der Waals surface area contributed by atoms with Crippen LogP contribution in [0.5, 0.6) is 0 Å². The van der Waals surface area contributed by atoms with E-state index in [0.29, 0.717) is 18.7 Å². The number of carbonyl (C=O) groups excluding carboxylic acids is 1. The topological polar surface area (TPSA) is 46.3 Å². The second kappa shape index (κ2) is 7.16. The van der Waals surface area contributed by atoms with Gasteiger partial charge in [0.05, 0.1) is 6.20 Å². The summed E-state index contributed by atoms with van der Waals surface area (Å²) in [6, 6.07) is 16.3. The maximum absolute atomic E-state index is 12.7. The summed E-state index contributed by atoms with van der Waals surface area (Å²) in [5.74, 6) is 1.49. The number of nitrogens with zero attached hydrogens (tertiary/aromatic N) is 2. The summed E-state index contributed by atoms with van der Waals surface area (Å²) in [4.78, 5) is 18.9. The van der Waals surface area contributed by atoms with Gasteiger partial charge < -0.3 is 9.32 Å². The van der Waals surface area contributed by atoms with Gasteiger partial charge in [0, 0.05) is 30.6 Å². The maximum Gasteiger partial charge on any atom is 0.227 e. The summed E-state index contributed by atoms with van der Waals surface area (Å²) < 4.78 is 5.83. The molecule has 3 aromatic rings. The number of aryl methyl sites for hydroxylation is 3. The van der Waals surface area contributed by atoms with E-state index in [4.69, 9.17) is 4.42 Å². The molecule has 1 aromatic heterocycles. The predicted octanol–water partition coefficient (Wildman–Crippen LogP) is 4.56. The second-order valence-electron chi connectivity index (χ2n) is 6.76. The van der Waals surface area contributed by atoms with Gasteiger partial charge in [-0.15, -0.1) is 0 Å². The first-order valence-corrected chi connectivity index (χ1v) is 9.11. The summed E-state index contributed by atoms with van der Waals surface area (Å²) in [5.41, 5.74) is 4.52.